The van der Waals surface area contributed by atoms with Crippen molar-refractivity contribution in [2.45, 2.75) is 6.92 Å². The SMILES string of the molecule is CNC(=O)n1cc(Br)c(C=NOC(C)=O)n1. The summed E-state index contributed by atoms with van der Waals surface area (Å²) in [5.74, 6) is -0.530. The molecule has 0 saturated carbocycles. The highest BCUT2D eigenvalue weighted by atomic mass is 79.9. The normalized spacial score (nSPS) is 10.4. The summed E-state index contributed by atoms with van der Waals surface area (Å²) in [7, 11) is 1.49. The topological polar surface area (TPSA) is 85.6 Å². The Morgan fingerprint density at radius 3 is 2.94 bits per heavy atom. The molecule has 0 aromatic carbocycles. The molecular formula is C8H9BrN4O3. The smallest absolute Gasteiger partial charge is 0.339 e. The van der Waals surface area contributed by atoms with Crippen LogP contribution in [0.3, 0.4) is 0 Å². The second-order valence-corrected chi connectivity index (χ2v) is 3.53. The number of hydrogen-bond acceptors (Lipinski definition) is 5. The maximum atomic E-state index is 11.2. The van der Waals surface area contributed by atoms with Crippen LogP contribution in [0.15, 0.2) is 15.8 Å². The van der Waals surface area contributed by atoms with Gasteiger partial charge < -0.3 is 10.2 Å². The van der Waals surface area contributed by atoms with Crippen molar-refractivity contribution in [2.24, 2.45) is 5.16 Å². The molecule has 0 saturated heterocycles. The van der Waals surface area contributed by atoms with Gasteiger partial charge in [-0.1, -0.05) is 5.16 Å². The van der Waals surface area contributed by atoms with E-state index in [-0.39, 0.29) is 6.03 Å². The zero-order valence-corrected chi connectivity index (χ0v) is 10.2. The van der Waals surface area contributed by atoms with Crippen LogP contribution in [-0.4, -0.2) is 35.0 Å². The van der Waals surface area contributed by atoms with Crippen LogP contribution >= 0.6 is 15.9 Å². The molecule has 0 radical (unpaired) electrons. The average molecular weight is 289 g/mol. The van der Waals surface area contributed by atoms with Crippen molar-refractivity contribution >= 4 is 34.1 Å². The van der Waals surface area contributed by atoms with E-state index in [0.717, 1.165) is 4.68 Å². The Bertz CT molecular complexity index is 440. The van der Waals surface area contributed by atoms with Gasteiger partial charge in [0.1, 0.15) is 5.69 Å². The van der Waals surface area contributed by atoms with E-state index < -0.39 is 5.97 Å². The lowest BCUT2D eigenvalue weighted by Crippen LogP contribution is -2.24. The first kappa shape index (κ1) is 12.4. The Balaban J connectivity index is 2.81. The zero-order chi connectivity index (χ0) is 12.1. The van der Waals surface area contributed by atoms with Gasteiger partial charge >= 0.3 is 12.0 Å². The lowest BCUT2D eigenvalue weighted by atomic mass is 10.5. The van der Waals surface area contributed by atoms with Gasteiger partial charge in [0.15, 0.2) is 0 Å². The predicted octanol–water partition coefficient (Wildman–Crippen LogP) is 0.730. The molecule has 0 unspecified atom stereocenters. The van der Waals surface area contributed by atoms with E-state index in [2.05, 4.69) is 36.3 Å². The molecule has 0 aliphatic rings. The van der Waals surface area contributed by atoms with E-state index in [4.69, 9.17) is 0 Å². The van der Waals surface area contributed by atoms with Crippen LogP contribution in [0.4, 0.5) is 4.79 Å². The molecule has 7 nitrogen and oxygen atoms in total. The van der Waals surface area contributed by atoms with Gasteiger partial charge in [-0.15, -0.1) is 0 Å². The lowest BCUT2D eigenvalue weighted by Gasteiger charge is -1.95. The summed E-state index contributed by atoms with van der Waals surface area (Å²) in [5, 5.41) is 9.69. The van der Waals surface area contributed by atoms with Crippen molar-refractivity contribution in [3.05, 3.63) is 16.4 Å². The molecule has 1 aromatic rings. The number of carbonyl (C=O) groups excluding carboxylic acids is 2. The van der Waals surface area contributed by atoms with Crippen LogP contribution < -0.4 is 5.32 Å². The number of carbonyl (C=O) groups is 2. The number of nitrogens with zero attached hydrogens (tertiary/aromatic N) is 3. The Labute approximate surface area is 99.6 Å². The quantitative estimate of drug-likeness (QED) is 0.494. The highest BCUT2D eigenvalue weighted by molar-refractivity contribution is 9.10. The molecule has 8 heteroatoms. The third kappa shape index (κ3) is 3.16. The molecule has 1 rings (SSSR count). The largest absolute Gasteiger partial charge is 0.341 e. The van der Waals surface area contributed by atoms with Gasteiger partial charge in [-0.3, -0.25) is 0 Å². The summed E-state index contributed by atoms with van der Waals surface area (Å²) < 4.78 is 1.66. The maximum Gasteiger partial charge on any atom is 0.341 e. The van der Waals surface area contributed by atoms with E-state index in [1.165, 1.54) is 26.4 Å². The fourth-order valence-electron chi connectivity index (χ4n) is 0.823. The van der Waals surface area contributed by atoms with Crippen LogP contribution in [0.2, 0.25) is 0 Å². The highest BCUT2D eigenvalue weighted by Crippen LogP contribution is 2.12. The predicted molar refractivity (Wildman–Crippen MR) is 59.1 cm³/mol. The molecular weight excluding hydrogens is 280 g/mol. The molecule has 1 amide bonds. The van der Waals surface area contributed by atoms with Crippen LogP contribution in [0.1, 0.15) is 12.6 Å². The molecule has 1 aromatic heterocycles. The van der Waals surface area contributed by atoms with Gasteiger partial charge in [0.05, 0.1) is 16.9 Å². The molecule has 0 fully saturated rings. The molecule has 0 aliphatic heterocycles. The monoisotopic (exact) mass is 288 g/mol. The number of halogens is 1. The van der Waals surface area contributed by atoms with Crippen molar-refractivity contribution in [3.63, 3.8) is 0 Å². The summed E-state index contributed by atoms with van der Waals surface area (Å²) in [6.45, 7) is 1.23. The van der Waals surface area contributed by atoms with Crippen molar-refractivity contribution in [1.82, 2.24) is 15.1 Å². The molecule has 0 atom stereocenters. The molecule has 86 valence electrons. The fourth-order valence-corrected chi connectivity index (χ4v) is 1.20. The van der Waals surface area contributed by atoms with Gasteiger partial charge in [0.25, 0.3) is 0 Å². The molecule has 0 aliphatic carbocycles. The van der Waals surface area contributed by atoms with E-state index in [1.54, 1.807) is 0 Å². The number of oxime groups is 1. The summed E-state index contributed by atoms with van der Waals surface area (Å²) in [5.41, 5.74) is 0.379. The van der Waals surface area contributed by atoms with Gasteiger partial charge in [-0.05, 0) is 15.9 Å². The lowest BCUT2D eigenvalue weighted by molar-refractivity contribution is -0.140. The Hall–Kier alpha value is -1.70. The van der Waals surface area contributed by atoms with E-state index >= 15 is 0 Å². The fraction of sp³-hybridized carbons (Fsp3) is 0.250. The van der Waals surface area contributed by atoms with Gasteiger partial charge in [0.2, 0.25) is 0 Å². The van der Waals surface area contributed by atoms with Gasteiger partial charge in [-0.25, -0.2) is 9.59 Å². The second-order valence-electron chi connectivity index (χ2n) is 2.68. The van der Waals surface area contributed by atoms with Crippen LogP contribution in [0.5, 0.6) is 0 Å². The standard InChI is InChI=1S/C8H9BrN4O3/c1-5(14)16-11-3-7-6(9)4-13(12-7)8(15)10-2/h3-4H,1-2H3,(H,10,15). The first-order valence-electron chi connectivity index (χ1n) is 4.22. The summed E-state index contributed by atoms with van der Waals surface area (Å²) in [6, 6.07) is -0.382. The van der Waals surface area contributed by atoms with Gasteiger partial charge in [0, 0.05) is 14.0 Å². The molecule has 0 spiro atoms. The minimum atomic E-state index is -0.530. The van der Waals surface area contributed by atoms with Crippen molar-refractivity contribution in [2.75, 3.05) is 7.05 Å². The number of aromatic nitrogens is 2. The average Bonchev–Trinajstić information content (AvgIpc) is 2.59. The second kappa shape index (κ2) is 5.40. The van der Waals surface area contributed by atoms with Crippen LogP contribution in [0.25, 0.3) is 0 Å². The molecule has 1 heterocycles. The zero-order valence-electron chi connectivity index (χ0n) is 8.60. The van der Waals surface area contributed by atoms with E-state index in [9.17, 15) is 9.59 Å². The minimum Gasteiger partial charge on any atom is -0.339 e. The summed E-state index contributed by atoms with van der Waals surface area (Å²) in [4.78, 5) is 26.0. The van der Waals surface area contributed by atoms with E-state index in [0.29, 0.717) is 10.2 Å². The Morgan fingerprint density at radius 2 is 2.38 bits per heavy atom. The number of rotatable bonds is 2. The van der Waals surface area contributed by atoms with Crippen LogP contribution in [-0.2, 0) is 9.63 Å². The van der Waals surface area contributed by atoms with Crippen LogP contribution in [0, 0.1) is 0 Å². The molecule has 1 N–H and O–H groups in total. The Kier molecular flexibility index (Phi) is 4.18. The summed E-state index contributed by atoms with van der Waals surface area (Å²) in [6.07, 6.45) is 2.69. The van der Waals surface area contributed by atoms with Crippen molar-refractivity contribution in [1.29, 1.82) is 0 Å². The third-order valence-electron chi connectivity index (χ3n) is 1.47. The first-order chi connectivity index (χ1) is 7.54. The van der Waals surface area contributed by atoms with E-state index in [1.807, 2.05) is 0 Å². The number of nitrogens with one attached hydrogen (secondary N) is 1. The van der Waals surface area contributed by atoms with Crippen molar-refractivity contribution in [3.8, 4) is 0 Å². The number of hydrogen-bond donors (Lipinski definition) is 1. The first-order valence-corrected chi connectivity index (χ1v) is 5.02. The summed E-state index contributed by atoms with van der Waals surface area (Å²) >= 11 is 3.19. The molecule has 0 bridgehead atoms. The molecule has 16 heavy (non-hydrogen) atoms. The minimum absolute atomic E-state index is 0.379. The highest BCUT2D eigenvalue weighted by Gasteiger charge is 2.08. The Morgan fingerprint density at radius 1 is 1.69 bits per heavy atom. The maximum absolute atomic E-state index is 11.2. The third-order valence-corrected chi connectivity index (χ3v) is 2.08. The van der Waals surface area contributed by atoms with Gasteiger partial charge in [-0.2, -0.15) is 9.78 Å². The number of amides is 1. The van der Waals surface area contributed by atoms with Crippen molar-refractivity contribution < 1.29 is 14.4 Å².